The summed E-state index contributed by atoms with van der Waals surface area (Å²) in [6, 6.07) is 16.6. The van der Waals surface area contributed by atoms with E-state index in [0.29, 0.717) is 18.3 Å². The maximum Gasteiger partial charge on any atom is 0.335 e. The highest BCUT2D eigenvalue weighted by Crippen LogP contribution is 2.18. The van der Waals surface area contributed by atoms with Crippen LogP contribution in [0.4, 0.5) is 17.5 Å². The van der Waals surface area contributed by atoms with Gasteiger partial charge in [-0.15, -0.1) is 0 Å². The number of rotatable bonds is 6. The minimum atomic E-state index is -0.947. The molecule has 1 aromatic heterocycles. The van der Waals surface area contributed by atoms with Gasteiger partial charge in [0.1, 0.15) is 5.82 Å². The molecule has 0 spiro atoms. The van der Waals surface area contributed by atoms with E-state index in [1.807, 2.05) is 13.0 Å². The second-order valence-corrected chi connectivity index (χ2v) is 6.06. The molecule has 0 radical (unpaired) electrons. The summed E-state index contributed by atoms with van der Waals surface area (Å²) < 4.78 is 0. The van der Waals surface area contributed by atoms with E-state index in [1.165, 1.54) is 5.56 Å². The average molecular weight is 348 g/mol. The predicted octanol–water partition coefficient (Wildman–Crippen LogP) is 4.15. The van der Waals surface area contributed by atoms with Crippen LogP contribution in [-0.2, 0) is 6.54 Å². The highest BCUT2D eigenvalue weighted by molar-refractivity contribution is 5.88. The molecule has 0 saturated carbocycles. The Labute approximate surface area is 152 Å². The molecule has 26 heavy (non-hydrogen) atoms. The molecule has 1 heterocycles. The predicted molar refractivity (Wildman–Crippen MR) is 102 cm³/mol. The molecule has 0 aliphatic carbocycles. The Morgan fingerprint density at radius 2 is 1.69 bits per heavy atom. The van der Waals surface area contributed by atoms with Gasteiger partial charge in [-0.1, -0.05) is 29.8 Å². The first kappa shape index (κ1) is 17.4. The zero-order valence-electron chi connectivity index (χ0n) is 14.7. The maximum absolute atomic E-state index is 10.9. The van der Waals surface area contributed by atoms with Crippen molar-refractivity contribution in [3.63, 3.8) is 0 Å². The Balaban J connectivity index is 1.70. The lowest BCUT2D eigenvalue weighted by molar-refractivity contribution is 0.0697. The van der Waals surface area contributed by atoms with E-state index in [4.69, 9.17) is 5.11 Å². The fourth-order valence-electron chi connectivity index (χ4n) is 2.44. The molecule has 2 aromatic carbocycles. The van der Waals surface area contributed by atoms with Crippen molar-refractivity contribution >= 4 is 23.4 Å². The van der Waals surface area contributed by atoms with Crippen molar-refractivity contribution in [1.29, 1.82) is 0 Å². The number of nitrogens with zero attached hydrogens (tertiary/aromatic N) is 2. The number of carbonyl (C=O) groups is 1. The Bertz CT molecular complexity index is 906. The molecule has 0 bridgehead atoms. The number of anilines is 3. The topological polar surface area (TPSA) is 87.1 Å². The SMILES string of the molecule is Cc1ccc(CNc2nc(C)cc(Nc3ccc(C(=O)O)cc3)n2)cc1. The molecule has 3 rings (SSSR count). The van der Waals surface area contributed by atoms with Crippen LogP contribution in [0.15, 0.2) is 54.6 Å². The highest BCUT2D eigenvalue weighted by atomic mass is 16.4. The van der Waals surface area contributed by atoms with Crippen molar-refractivity contribution in [3.05, 3.63) is 77.0 Å². The van der Waals surface area contributed by atoms with Gasteiger partial charge in [0.2, 0.25) is 5.95 Å². The van der Waals surface area contributed by atoms with E-state index >= 15 is 0 Å². The van der Waals surface area contributed by atoms with Crippen LogP contribution in [0.1, 0.15) is 27.2 Å². The molecule has 0 aliphatic heterocycles. The molecular weight excluding hydrogens is 328 g/mol. The highest BCUT2D eigenvalue weighted by Gasteiger charge is 2.05. The summed E-state index contributed by atoms with van der Waals surface area (Å²) in [6.07, 6.45) is 0. The van der Waals surface area contributed by atoms with Crippen molar-refractivity contribution in [2.45, 2.75) is 20.4 Å². The number of nitrogens with one attached hydrogen (secondary N) is 2. The third kappa shape index (κ3) is 4.57. The number of hydrogen-bond acceptors (Lipinski definition) is 5. The monoisotopic (exact) mass is 348 g/mol. The van der Waals surface area contributed by atoms with Gasteiger partial charge in [-0.2, -0.15) is 4.98 Å². The molecule has 3 N–H and O–H groups in total. The van der Waals surface area contributed by atoms with Crippen molar-refractivity contribution in [3.8, 4) is 0 Å². The zero-order valence-corrected chi connectivity index (χ0v) is 14.7. The molecule has 0 saturated heterocycles. The fourth-order valence-corrected chi connectivity index (χ4v) is 2.44. The molecule has 3 aromatic rings. The lowest BCUT2D eigenvalue weighted by Crippen LogP contribution is -2.06. The Morgan fingerprint density at radius 3 is 2.35 bits per heavy atom. The van der Waals surface area contributed by atoms with Crippen LogP contribution in [0.5, 0.6) is 0 Å². The van der Waals surface area contributed by atoms with E-state index in [1.54, 1.807) is 24.3 Å². The Morgan fingerprint density at radius 1 is 1.00 bits per heavy atom. The largest absolute Gasteiger partial charge is 0.478 e. The molecule has 0 atom stereocenters. The van der Waals surface area contributed by atoms with E-state index < -0.39 is 5.97 Å². The molecule has 0 aliphatic rings. The van der Waals surface area contributed by atoms with Crippen molar-refractivity contribution in [2.24, 2.45) is 0 Å². The van der Waals surface area contributed by atoms with Crippen molar-refractivity contribution in [1.82, 2.24) is 9.97 Å². The molecule has 0 amide bonds. The van der Waals surface area contributed by atoms with Crippen LogP contribution in [0.3, 0.4) is 0 Å². The number of aryl methyl sites for hydroxylation is 2. The molecular formula is C20H20N4O2. The molecule has 6 nitrogen and oxygen atoms in total. The van der Waals surface area contributed by atoms with Gasteiger partial charge < -0.3 is 15.7 Å². The van der Waals surface area contributed by atoms with E-state index in [-0.39, 0.29) is 5.56 Å². The second kappa shape index (κ2) is 7.65. The third-order valence-electron chi connectivity index (χ3n) is 3.83. The molecule has 0 unspecified atom stereocenters. The van der Waals surface area contributed by atoms with Crippen LogP contribution >= 0.6 is 0 Å². The van der Waals surface area contributed by atoms with Gasteiger partial charge in [0.05, 0.1) is 5.56 Å². The zero-order chi connectivity index (χ0) is 18.5. The van der Waals surface area contributed by atoms with Crippen LogP contribution < -0.4 is 10.6 Å². The van der Waals surface area contributed by atoms with Crippen LogP contribution in [0.2, 0.25) is 0 Å². The van der Waals surface area contributed by atoms with Gasteiger partial charge in [-0.3, -0.25) is 0 Å². The molecule has 132 valence electrons. The van der Waals surface area contributed by atoms with Gasteiger partial charge in [-0.05, 0) is 43.7 Å². The van der Waals surface area contributed by atoms with E-state index in [2.05, 4.69) is 51.8 Å². The first-order valence-corrected chi connectivity index (χ1v) is 8.25. The number of carboxylic acids is 1. The van der Waals surface area contributed by atoms with E-state index in [9.17, 15) is 4.79 Å². The molecule has 6 heteroatoms. The summed E-state index contributed by atoms with van der Waals surface area (Å²) >= 11 is 0. The number of aromatic nitrogens is 2. The fraction of sp³-hybridized carbons (Fsp3) is 0.150. The first-order chi connectivity index (χ1) is 12.5. The first-order valence-electron chi connectivity index (χ1n) is 8.25. The summed E-state index contributed by atoms with van der Waals surface area (Å²) in [5.41, 5.74) is 4.21. The number of aromatic carboxylic acids is 1. The maximum atomic E-state index is 10.9. The lowest BCUT2D eigenvalue weighted by atomic mass is 10.1. The van der Waals surface area contributed by atoms with E-state index in [0.717, 1.165) is 16.9 Å². The summed E-state index contributed by atoms with van der Waals surface area (Å²) in [7, 11) is 0. The number of hydrogen-bond donors (Lipinski definition) is 3. The minimum Gasteiger partial charge on any atom is -0.478 e. The van der Waals surface area contributed by atoms with Crippen molar-refractivity contribution < 1.29 is 9.90 Å². The van der Waals surface area contributed by atoms with Crippen LogP contribution in [0, 0.1) is 13.8 Å². The summed E-state index contributed by atoms with van der Waals surface area (Å²) in [5.74, 6) is 0.235. The van der Waals surface area contributed by atoms with Crippen LogP contribution in [-0.4, -0.2) is 21.0 Å². The quantitative estimate of drug-likeness (QED) is 0.620. The standard InChI is InChI=1S/C20H20N4O2/c1-13-3-5-15(6-4-13)12-21-20-22-14(2)11-18(24-20)23-17-9-7-16(8-10-17)19(25)26/h3-11H,12H2,1-2H3,(H,25,26)(H2,21,22,23,24). The van der Waals surface area contributed by atoms with Gasteiger partial charge in [0.15, 0.2) is 0 Å². The lowest BCUT2D eigenvalue weighted by Gasteiger charge is -2.10. The smallest absolute Gasteiger partial charge is 0.335 e. The number of benzene rings is 2. The minimum absolute atomic E-state index is 0.245. The summed E-state index contributed by atoms with van der Waals surface area (Å²) in [4.78, 5) is 19.8. The van der Waals surface area contributed by atoms with Gasteiger partial charge in [0, 0.05) is 24.0 Å². The summed E-state index contributed by atoms with van der Waals surface area (Å²) in [6.45, 7) is 4.59. The normalized spacial score (nSPS) is 10.4. The van der Waals surface area contributed by atoms with Crippen molar-refractivity contribution in [2.75, 3.05) is 10.6 Å². The number of carboxylic acid groups (broad SMARTS) is 1. The Hall–Kier alpha value is -3.41. The van der Waals surface area contributed by atoms with Crippen LogP contribution in [0.25, 0.3) is 0 Å². The summed E-state index contributed by atoms with van der Waals surface area (Å²) in [5, 5.41) is 15.4. The second-order valence-electron chi connectivity index (χ2n) is 6.06. The van der Waals surface area contributed by atoms with Gasteiger partial charge in [0.25, 0.3) is 0 Å². The van der Waals surface area contributed by atoms with Gasteiger partial charge >= 0.3 is 5.97 Å². The average Bonchev–Trinajstić information content (AvgIpc) is 2.61. The molecule has 0 fully saturated rings. The van der Waals surface area contributed by atoms with Gasteiger partial charge in [-0.25, -0.2) is 9.78 Å². The third-order valence-corrected chi connectivity index (χ3v) is 3.83. The Kier molecular flexibility index (Phi) is 5.12.